The summed E-state index contributed by atoms with van der Waals surface area (Å²) in [6.45, 7) is 8.36. The van der Waals surface area contributed by atoms with Gasteiger partial charge >= 0.3 is 0 Å². The smallest absolute Gasteiger partial charge is 0.0470 e. The first-order valence-electron chi connectivity index (χ1n) is 3.40. The largest absolute Gasteiger partial charge is 0.0919 e. The Bertz CT molecular complexity index is 29.3. The highest BCUT2D eigenvalue weighted by Gasteiger charge is 1.56. The van der Waals surface area contributed by atoms with Crippen LogP contribution in [0.15, 0.2) is 12.2 Å². The van der Waals surface area contributed by atoms with Gasteiger partial charge in [-0.2, -0.15) is 0 Å². The molecule has 0 nitrogen and oxygen atoms in total. The fraction of sp³-hybridized carbons (Fsp3) is 0.750. The van der Waals surface area contributed by atoms with Gasteiger partial charge in [0.25, 0.3) is 0 Å². The fourth-order valence-electron chi connectivity index (χ4n) is 0. The van der Waals surface area contributed by atoms with E-state index < -0.39 is 0 Å². The predicted octanol–water partition coefficient (Wildman–Crippen LogP) is 3.39. The van der Waals surface area contributed by atoms with Gasteiger partial charge in [-0.3, -0.25) is 0 Å². The first kappa shape index (κ1) is 10.7. The summed E-state index contributed by atoms with van der Waals surface area (Å²) in [7, 11) is 0. The van der Waals surface area contributed by atoms with E-state index >= 15 is 0 Å². The first-order chi connectivity index (χ1) is 3.83. The lowest BCUT2D eigenvalue weighted by Gasteiger charge is -1.68. The van der Waals surface area contributed by atoms with E-state index in [4.69, 9.17) is 0 Å². The van der Waals surface area contributed by atoms with Crippen LogP contribution in [0.1, 0.15) is 40.5 Å². The number of allylic oxidation sites excluding steroid dienone is 2. The standard InChI is InChI=1S/C4H10.C4H8/c2*1-3-4-2/h3-4H2,1-2H3;3-4H,1-2H3. The summed E-state index contributed by atoms with van der Waals surface area (Å²) in [6, 6.07) is 0. The van der Waals surface area contributed by atoms with Gasteiger partial charge in [-0.1, -0.05) is 38.8 Å². The van der Waals surface area contributed by atoms with Crippen molar-refractivity contribution in [3.05, 3.63) is 12.2 Å². The Labute approximate surface area is 53.6 Å². The highest BCUT2D eigenvalue weighted by molar-refractivity contribution is 4.68. The van der Waals surface area contributed by atoms with Gasteiger partial charge in [0, 0.05) is 0 Å². The summed E-state index contributed by atoms with van der Waals surface area (Å²) < 4.78 is 0. The van der Waals surface area contributed by atoms with Crippen LogP contribution in [0.5, 0.6) is 0 Å². The molecule has 0 spiro atoms. The molecule has 0 fully saturated rings. The van der Waals surface area contributed by atoms with E-state index in [1.54, 1.807) is 0 Å². The lowest BCUT2D eigenvalue weighted by atomic mass is 10.4. The van der Waals surface area contributed by atoms with Gasteiger partial charge in [0.2, 0.25) is 0 Å². The van der Waals surface area contributed by atoms with Crippen LogP contribution in [-0.2, 0) is 0 Å². The average Bonchev–Trinajstić information content (AvgIpc) is 1.88. The zero-order chi connectivity index (χ0) is 6.83. The van der Waals surface area contributed by atoms with Crippen LogP contribution in [0.25, 0.3) is 0 Å². The summed E-state index contributed by atoms with van der Waals surface area (Å²) in [5, 5.41) is 0. The maximum Gasteiger partial charge on any atom is -0.0470 e. The molecular weight excluding hydrogens is 96.1 g/mol. The highest BCUT2D eigenvalue weighted by Crippen LogP contribution is 1.76. The Kier molecular flexibility index (Phi) is 21.2. The van der Waals surface area contributed by atoms with Crippen LogP contribution < -0.4 is 0 Å². The Morgan fingerprint density at radius 1 is 0.875 bits per heavy atom. The molecule has 0 aliphatic heterocycles. The van der Waals surface area contributed by atoms with Crippen molar-refractivity contribution in [2.75, 3.05) is 0 Å². The predicted molar refractivity (Wildman–Crippen MR) is 41.1 cm³/mol. The van der Waals surface area contributed by atoms with Crippen LogP contribution in [0.3, 0.4) is 0 Å². The summed E-state index contributed by atoms with van der Waals surface area (Å²) in [5.74, 6) is 0. The summed E-state index contributed by atoms with van der Waals surface area (Å²) >= 11 is 0. The molecule has 50 valence electrons. The van der Waals surface area contributed by atoms with Crippen molar-refractivity contribution in [1.29, 1.82) is 0 Å². The molecule has 0 aromatic rings. The molecule has 0 aliphatic rings. The van der Waals surface area contributed by atoms with Gasteiger partial charge in [-0.05, 0) is 13.8 Å². The zero-order valence-electron chi connectivity index (χ0n) is 6.57. The molecule has 0 aliphatic carbocycles. The second-order valence-electron chi connectivity index (χ2n) is 1.67. The van der Waals surface area contributed by atoms with E-state index in [1.165, 1.54) is 12.8 Å². The lowest BCUT2D eigenvalue weighted by molar-refractivity contribution is 0.886. The Hall–Kier alpha value is -0.260. The maximum absolute atomic E-state index is 2.18. The number of unbranched alkanes of at least 4 members (excludes halogenated alkanes) is 1. The Morgan fingerprint density at radius 2 is 1.12 bits per heavy atom. The maximum atomic E-state index is 2.18. The molecule has 0 N–H and O–H groups in total. The normalized spacial score (nSPS) is 8.50. The minimum atomic E-state index is 1.32. The minimum Gasteiger partial charge on any atom is -0.0919 e. The molecule has 0 aromatic carbocycles. The molecule has 0 radical (unpaired) electrons. The highest BCUT2D eigenvalue weighted by atomic mass is 13.6. The van der Waals surface area contributed by atoms with Gasteiger partial charge in [0.05, 0.1) is 0 Å². The molecule has 8 heavy (non-hydrogen) atoms. The lowest BCUT2D eigenvalue weighted by Crippen LogP contribution is -1.47. The topological polar surface area (TPSA) is 0 Å². The molecule has 0 heterocycles. The zero-order valence-corrected chi connectivity index (χ0v) is 6.57. The molecule has 0 aromatic heterocycles. The van der Waals surface area contributed by atoms with Crippen LogP contribution in [0.4, 0.5) is 0 Å². The monoisotopic (exact) mass is 114 g/mol. The third-order valence-electron chi connectivity index (χ3n) is 0.833. The van der Waals surface area contributed by atoms with Gasteiger partial charge in [-0.25, -0.2) is 0 Å². The van der Waals surface area contributed by atoms with Gasteiger partial charge < -0.3 is 0 Å². The minimum absolute atomic E-state index is 1.32. The molecule has 0 amide bonds. The molecule has 0 bridgehead atoms. The molecule has 0 saturated heterocycles. The van der Waals surface area contributed by atoms with Gasteiger partial charge in [0.15, 0.2) is 0 Å². The first-order valence-corrected chi connectivity index (χ1v) is 3.40. The third kappa shape index (κ3) is 42.6. The van der Waals surface area contributed by atoms with Crippen LogP contribution in [0.2, 0.25) is 0 Å². The van der Waals surface area contributed by atoms with Crippen LogP contribution in [-0.4, -0.2) is 0 Å². The summed E-state index contributed by atoms with van der Waals surface area (Å²) in [6.07, 6.45) is 6.64. The van der Waals surface area contributed by atoms with Gasteiger partial charge in [0.1, 0.15) is 0 Å². The van der Waals surface area contributed by atoms with Crippen molar-refractivity contribution in [2.45, 2.75) is 40.5 Å². The number of hydrogen-bond donors (Lipinski definition) is 0. The molecule has 0 saturated carbocycles. The molecular formula is C8H18. The number of rotatable bonds is 1. The summed E-state index contributed by atoms with van der Waals surface area (Å²) in [4.78, 5) is 0. The fourth-order valence-corrected chi connectivity index (χ4v) is 0. The van der Waals surface area contributed by atoms with E-state index in [-0.39, 0.29) is 0 Å². The second kappa shape index (κ2) is 15.9. The van der Waals surface area contributed by atoms with Crippen molar-refractivity contribution in [2.24, 2.45) is 0 Å². The van der Waals surface area contributed by atoms with Crippen LogP contribution in [0, 0.1) is 0 Å². The Morgan fingerprint density at radius 3 is 1.12 bits per heavy atom. The Balaban J connectivity index is 0. The molecule has 0 atom stereocenters. The van der Waals surface area contributed by atoms with E-state index in [2.05, 4.69) is 13.8 Å². The van der Waals surface area contributed by atoms with Gasteiger partial charge in [-0.15, -0.1) is 0 Å². The quantitative estimate of drug-likeness (QED) is 0.458. The summed E-state index contributed by atoms with van der Waals surface area (Å²) in [5.41, 5.74) is 0. The third-order valence-corrected chi connectivity index (χ3v) is 0.833. The number of hydrogen-bond acceptors (Lipinski definition) is 0. The van der Waals surface area contributed by atoms with Crippen LogP contribution >= 0.6 is 0 Å². The van der Waals surface area contributed by atoms with E-state index in [0.29, 0.717) is 0 Å². The van der Waals surface area contributed by atoms with Crippen molar-refractivity contribution in [3.8, 4) is 0 Å². The molecule has 0 unspecified atom stereocenters. The van der Waals surface area contributed by atoms with Crippen molar-refractivity contribution < 1.29 is 0 Å². The van der Waals surface area contributed by atoms with Crippen molar-refractivity contribution in [1.82, 2.24) is 0 Å². The van der Waals surface area contributed by atoms with E-state index in [9.17, 15) is 0 Å². The average molecular weight is 114 g/mol. The van der Waals surface area contributed by atoms with Crippen molar-refractivity contribution >= 4 is 0 Å². The molecule has 0 heteroatoms. The van der Waals surface area contributed by atoms with E-state index in [1.807, 2.05) is 26.0 Å². The van der Waals surface area contributed by atoms with Crippen molar-refractivity contribution in [3.63, 3.8) is 0 Å². The molecule has 0 rings (SSSR count). The SMILES string of the molecule is CC=CC.CCCC. The van der Waals surface area contributed by atoms with E-state index in [0.717, 1.165) is 0 Å². The second-order valence-corrected chi connectivity index (χ2v) is 1.67.